The Bertz CT molecular complexity index is 552. The van der Waals surface area contributed by atoms with Crippen LogP contribution in [0.2, 0.25) is 10.0 Å². The number of carboxylic acid groups (broad SMARTS) is 1. The summed E-state index contributed by atoms with van der Waals surface area (Å²) in [5, 5.41) is 10.0. The molecule has 1 aliphatic heterocycles. The zero-order valence-electron chi connectivity index (χ0n) is 12.3. The van der Waals surface area contributed by atoms with E-state index in [2.05, 4.69) is 0 Å². The minimum absolute atomic E-state index is 0.132. The monoisotopic (exact) mass is 344 g/mol. The highest BCUT2D eigenvalue weighted by atomic mass is 35.5. The van der Waals surface area contributed by atoms with Crippen molar-refractivity contribution in [3.05, 3.63) is 33.8 Å². The second kappa shape index (κ2) is 7.31. The maximum atomic E-state index is 12.5. The molecule has 1 atom stereocenters. The van der Waals surface area contributed by atoms with Crippen LogP contribution in [0.4, 0.5) is 0 Å². The molecule has 1 aromatic carbocycles. The molecule has 1 heterocycles. The van der Waals surface area contributed by atoms with Gasteiger partial charge in [-0.3, -0.25) is 14.5 Å². The van der Waals surface area contributed by atoms with Crippen molar-refractivity contribution in [1.82, 2.24) is 9.80 Å². The molecule has 0 radical (unpaired) electrons. The van der Waals surface area contributed by atoms with Gasteiger partial charge in [-0.15, -0.1) is 0 Å². The summed E-state index contributed by atoms with van der Waals surface area (Å²) in [4.78, 5) is 27.2. The molecule has 7 heteroatoms. The van der Waals surface area contributed by atoms with Crippen LogP contribution in [0.15, 0.2) is 18.2 Å². The molecular weight excluding hydrogens is 327 g/mol. The Morgan fingerprint density at radius 3 is 2.14 bits per heavy atom. The minimum Gasteiger partial charge on any atom is -0.480 e. The molecule has 1 amide bonds. The van der Waals surface area contributed by atoms with Crippen molar-refractivity contribution in [3.8, 4) is 0 Å². The fraction of sp³-hybridized carbons (Fsp3) is 0.467. The number of carbonyl (C=O) groups is 2. The van der Waals surface area contributed by atoms with E-state index in [9.17, 15) is 14.7 Å². The van der Waals surface area contributed by atoms with E-state index in [4.69, 9.17) is 23.2 Å². The third kappa shape index (κ3) is 3.91. The lowest BCUT2D eigenvalue weighted by atomic mass is 10.1. The van der Waals surface area contributed by atoms with Gasteiger partial charge < -0.3 is 10.0 Å². The van der Waals surface area contributed by atoms with Gasteiger partial charge in [0.05, 0.1) is 0 Å². The number of nitrogens with zero attached hydrogens (tertiary/aromatic N) is 2. The van der Waals surface area contributed by atoms with Gasteiger partial charge in [-0.2, -0.15) is 0 Å². The molecule has 1 fully saturated rings. The number of benzene rings is 1. The molecule has 1 unspecified atom stereocenters. The molecule has 1 saturated heterocycles. The summed E-state index contributed by atoms with van der Waals surface area (Å²) in [6.07, 6.45) is 0.549. The lowest BCUT2D eigenvalue weighted by Gasteiger charge is -2.37. The Hall–Kier alpha value is -1.30. The van der Waals surface area contributed by atoms with Crippen LogP contribution in [0.1, 0.15) is 23.7 Å². The number of rotatable bonds is 4. The topological polar surface area (TPSA) is 60.9 Å². The van der Waals surface area contributed by atoms with Gasteiger partial charge in [0.25, 0.3) is 5.91 Å². The molecule has 0 aromatic heterocycles. The van der Waals surface area contributed by atoms with Crippen LogP contribution < -0.4 is 0 Å². The Morgan fingerprint density at radius 1 is 1.14 bits per heavy atom. The fourth-order valence-electron chi connectivity index (χ4n) is 2.69. The summed E-state index contributed by atoms with van der Waals surface area (Å²) in [6.45, 7) is 3.93. The minimum atomic E-state index is -0.816. The SMILES string of the molecule is CCC(C(=O)O)N1CCN(C(=O)c2cc(Cl)cc(Cl)c2)CC1. The van der Waals surface area contributed by atoms with E-state index in [1.165, 1.54) is 0 Å². The van der Waals surface area contributed by atoms with Crippen LogP contribution >= 0.6 is 23.2 Å². The van der Waals surface area contributed by atoms with E-state index in [0.29, 0.717) is 48.2 Å². The highest BCUT2D eigenvalue weighted by Gasteiger charge is 2.29. The molecule has 0 bridgehead atoms. The van der Waals surface area contributed by atoms with Crippen LogP contribution in [0.5, 0.6) is 0 Å². The Labute approximate surface area is 139 Å². The molecule has 0 saturated carbocycles. The van der Waals surface area contributed by atoms with E-state index in [-0.39, 0.29) is 5.91 Å². The summed E-state index contributed by atoms with van der Waals surface area (Å²) < 4.78 is 0. The number of hydrogen-bond donors (Lipinski definition) is 1. The second-order valence-corrected chi connectivity index (χ2v) is 6.12. The maximum absolute atomic E-state index is 12.5. The van der Waals surface area contributed by atoms with E-state index < -0.39 is 12.0 Å². The molecule has 1 N–H and O–H groups in total. The van der Waals surface area contributed by atoms with Crippen LogP contribution in [-0.2, 0) is 4.79 Å². The van der Waals surface area contributed by atoms with Gasteiger partial charge in [-0.05, 0) is 24.6 Å². The molecule has 1 aliphatic rings. The molecule has 5 nitrogen and oxygen atoms in total. The number of carboxylic acids is 1. The average molecular weight is 345 g/mol. The number of piperazine rings is 1. The van der Waals surface area contributed by atoms with E-state index in [1.54, 1.807) is 23.1 Å². The predicted molar refractivity (Wildman–Crippen MR) is 85.7 cm³/mol. The van der Waals surface area contributed by atoms with E-state index in [1.807, 2.05) is 11.8 Å². The van der Waals surface area contributed by atoms with Crippen molar-refractivity contribution in [2.75, 3.05) is 26.2 Å². The molecule has 22 heavy (non-hydrogen) atoms. The summed E-state index contributed by atoms with van der Waals surface area (Å²) >= 11 is 11.8. The Kier molecular flexibility index (Phi) is 5.67. The highest BCUT2D eigenvalue weighted by molar-refractivity contribution is 6.35. The van der Waals surface area contributed by atoms with Crippen molar-refractivity contribution in [2.24, 2.45) is 0 Å². The molecule has 1 aromatic rings. The normalized spacial score (nSPS) is 17.3. The number of halogens is 2. The Morgan fingerprint density at radius 2 is 1.68 bits per heavy atom. The van der Waals surface area contributed by atoms with Gasteiger partial charge >= 0.3 is 5.97 Å². The molecule has 120 valence electrons. The van der Waals surface area contributed by atoms with Crippen molar-refractivity contribution in [1.29, 1.82) is 0 Å². The van der Waals surface area contributed by atoms with E-state index >= 15 is 0 Å². The van der Waals surface area contributed by atoms with Crippen LogP contribution in [0.25, 0.3) is 0 Å². The molecule has 0 aliphatic carbocycles. The first-order chi connectivity index (χ1) is 10.4. The van der Waals surface area contributed by atoms with Crippen molar-refractivity contribution in [3.63, 3.8) is 0 Å². The quantitative estimate of drug-likeness (QED) is 0.911. The predicted octanol–water partition coefficient (Wildman–Crippen LogP) is 2.61. The average Bonchev–Trinajstić information content (AvgIpc) is 2.46. The first-order valence-corrected chi connectivity index (χ1v) is 7.90. The fourth-order valence-corrected chi connectivity index (χ4v) is 3.21. The highest BCUT2D eigenvalue weighted by Crippen LogP contribution is 2.21. The van der Waals surface area contributed by atoms with Crippen molar-refractivity contribution in [2.45, 2.75) is 19.4 Å². The number of carbonyl (C=O) groups excluding carboxylic acids is 1. The van der Waals surface area contributed by atoms with E-state index in [0.717, 1.165) is 0 Å². The smallest absolute Gasteiger partial charge is 0.320 e. The standard InChI is InChI=1S/C15H18Cl2N2O3/c1-2-13(15(21)22)18-3-5-19(6-4-18)14(20)10-7-11(16)9-12(17)8-10/h7-9,13H,2-6H2,1H3,(H,21,22). The maximum Gasteiger partial charge on any atom is 0.320 e. The zero-order chi connectivity index (χ0) is 16.3. The summed E-state index contributed by atoms with van der Waals surface area (Å²) in [7, 11) is 0. The first-order valence-electron chi connectivity index (χ1n) is 7.14. The van der Waals surface area contributed by atoms with Gasteiger partial charge in [0.15, 0.2) is 0 Å². The zero-order valence-corrected chi connectivity index (χ0v) is 13.8. The lowest BCUT2D eigenvalue weighted by Crippen LogP contribution is -2.53. The first kappa shape index (κ1) is 17.1. The van der Waals surface area contributed by atoms with Gasteiger partial charge in [0.1, 0.15) is 6.04 Å². The van der Waals surface area contributed by atoms with Gasteiger partial charge in [0.2, 0.25) is 0 Å². The summed E-state index contributed by atoms with van der Waals surface area (Å²) in [5.74, 6) is -0.948. The van der Waals surface area contributed by atoms with Gasteiger partial charge in [0, 0.05) is 41.8 Å². The number of aliphatic carboxylic acids is 1. The van der Waals surface area contributed by atoms with Crippen molar-refractivity contribution >= 4 is 35.1 Å². The Balaban J connectivity index is 2.02. The van der Waals surface area contributed by atoms with Gasteiger partial charge in [-0.1, -0.05) is 30.1 Å². The number of hydrogen-bond acceptors (Lipinski definition) is 3. The van der Waals surface area contributed by atoms with Crippen LogP contribution in [0, 0.1) is 0 Å². The van der Waals surface area contributed by atoms with Crippen LogP contribution in [-0.4, -0.2) is 59.0 Å². The van der Waals surface area contributed by atoms with Crippen LogP contribution in [0.3, 0.4) is 0 Å². The largest absolute Gasteiger partial charge is 0.480 e. The summed E-state index contributed by atoms with van der Waals surface area (Å²) in [6, 6.07) is 4.27. The lowest BCUT2D eigenvalue weighted by molar-refractivity contribution is -0.144. The second-order valence-electron chi connectivity index (χ2n) is 5.25. The summed E-state index contributed by atoms with van der Waals surface area (Å²) in [5.41, 5.74) is 0.455. The molecule has 2 rings (SSSR count). The number of amides is 1. The third-order valence-electron chi connectivity index (χ3n) is 3.82. The van der Waals surface area contributed by atoms with Crippen molar-refractivity contribution < 1.29 is 14.7 Å². The third-order valence-corrected chi connectivity index (χ3v) is 4.26. The molecule has 0 spiro atoms. The van der Waals surface area contributed by atoms with Gasteiger partial charge in [-0.25, -0.2) is 0 Å². The molecular formula is C15H18Cl2N2O3.